The highest BCUT2D eigenvalue weighted by molar-refractivity contribution is 5.13. The van der Waals surface area contributed by atoms with Gasteiger partial charge in [-0.3, -0.25) is 0 Å². The second-order valence-corrected chi connectivity index (χ2v) is 5.01. The lowest BCUT2D eigenvalue weighted by Gasteiger charge is -2.04. The Morgan fingerprint density at radius 2 is 1.39 bits per heavy atom. The lowest BCUT2D eigenvalue weighted by atomic mass is 10.1. The molecule has 0 aromatic heterocycles. The Morgan fingerprint density at radius 3 is 2.06 bits per heavy atom. The van der Waals surface area contributed by atoms with Gasteiger partial charge in [-0.1, -0.05) is 82.2 Å². The van der Waals surface area contributed by atoms with Crippen molar-refractivity contribution < 1.29 is 4.74 Å². The molecule has 1 rings (SSSR count). The van der Waals surface area contributed by atoms with Crippen molar-refractivity contribution in [3.8, 4) is 0 Å². The minimum atomic E-state index is 0.761. The summed E-state index contributed by atoms with van der Waals surface area (Å²) < 4.78 is 5.66. The molecule has 0 fully saturated rings. The quantitative estimate of drug-likeness (QED) is 0.480. The van der Waals surface area contributed by atoms with Crippen LogP contribution in [0.5, 0.6) is 0 Å². The van der Waals surface area contributed by atoms with Gasteiger partial charge in [0, 0.05) is 6.61 Å². The van der Waals surface area contributed by atoms with Crippen LogP contribution in [0.4, 0.5) is 0 Å². The first-order chi connectivity index (χ1) is 8.93. The van der Waals surface area contributed by atoms with Gasteiger partial charge in [-0.2, -0.15) is 0 Å². The molecular formula is C17H28O. The number of ether oxygens (including phenoxy) is 1. The summed E-state index contributed by atoms with van der Waals surface area (Å²) >= 11 is 0. The fourth-order valence-electron chi connectivity index (χ4n) is 2.10. The molecule has 0 saturated heterocycles. The molecule has 0 N–H and O–H groups in total. The highest BCUT2D eigenvalue weighted by atomic mass is 16.5. The number of hydrogen-bond donors (Lipinski definition) is 0. The van der Waals surface area contributed by atoms with Crippen molar-refractivity contribution in [2.24, 2.45) is 0 Å². The van der Waals surface area contributed by atoms with Crippen LogP contribution in [-0.4, -0.2) is 6.61 Å². The summed E-state index contributed by atoms with van der Waals surface area (Å²) in [6, 6.07) is 10.4. The van der Waals surface area contributed by atoms with Gasteiger partial charge in [0.1, 0.15) is 0 Å². The van der Waals surface area contributed by atoms with E-state index in [1.54, 1.807) is 0 Å². The highest BCUT2D eigenvalue weighted by Gasteiger charge is 1.93. The van der Waals surface area contributed by atoms with E-state index in [9.17, 15) is 0 Å². The Hall–Kier alpha value is -0.820. The molecule has 0 aliphatic rings. The van der Waals surface area contributed by atoms with Crippen LogP contribution in [0.25, 0.3) is 0 Å². The van der Waals surface area contributed by atoms with Crippen LogP contribution < -0.4 is 0 Å². The fraction of sp³-hybridized carbons (Fsp3) is 0.647. The van der Waals surface area contributed by atoms with E-state index < -0.39 is 0 Å². The largest absolute Gasteiger partial charge is 0.377 e. The van der Waals surface area contributed by atoms with Crippen molar-refractivity contribution in [2.45, 2.75) is 64.9 Å². The molecule has 0 atom stereocenters. The zero-order chi connectivity index (χ0) is 12.9. The standard InChI is InChI=1S/C17H28O/c1-2-3-4-5-6-7-8-12-15-18-16-17-13-10-9-11-14-17/h9-11,13-14H,2-8,12,15-16H2,1H3. The molecule has 1 heteroatoms. The van der Waals surface area contributed by atoms with Crippen molar-refractivity contribution in [1.29, 1.82) is 0 Å². The predicted molar refractivity (Wildman–Crippen MR) is 78.7 cm³/mol. The van der Waals surface area contributed by atoms with Gasteiger partial charge in [-0.15, -0.1) is 0 Å². The topological polar surface area (TPSA) is 9.23 Å². The van der Waals surface area contributed by atoms with Gasteiger partial charge in [-0.05, 0) is 12.0 Å². The molecule has 1 aromatic carbocycles. The Morgan fingerprint density at radius 1 is 0.778 bits per heavy atom. The summed E-state index contributed by atoms with van der Waals surface area (Å²) in [6.45, 7) is 3.94. The zero-order valence-electron chi connectivity index (χ0n) is 11.9. The third-order valence-corrected chi connectivity index (χ3v) is 3.25. The van der Waals surface area contributed by atoms with E-state index >= 15 is 0 Å². The molecule has 18 heavy (non-hydrogen) atoms. The summed E-state index contributed by atoms with van der Waals surface area (Å²) in [6.07, 6.45) is 10.9. The SMILES string of the molecule is CCCCCCCCCCOCc1ccccc1. The van der Waals surface area contributed by atoms with Crippen LogP contribution >= 0.6 is 0 Å². The molecule has 0 heterocycles. The van der Waals surface area contributed by atoms with Crippen molar-refractivity contribution >= 4 is 0 Å². The van der Waals surface area contributed by atoms with Crippen LogP contribution in [0.1, 0.15) is 63.9 Å². The van der Waals surface area contributed by atoms with Gasteiger partial charge in [-0.25, -0.2) is 0 Å². The second kappa shape index (κ2) is 11.3. The molecule has 0 unspecified atom stereocenters. The molecule has 1 nitrogen and oxygen atoms in total. The first-order valence-corrected chi connectivity index (χ1v) is 7.55. The van der Waals surface area contributed by atoms with E-state index in [-0.39, 0.29) is 0 Å². The van der Waals surface area contributed by atoms with E-state index in [4.69, 9.17) is 4.74 Å². The Labute approximate surface area is 113 Å². The zero-order valence-corrected chi connectivity index (χ0v) is 11.9. The van der Waals surface area contributed by atoms with Crippen molar-refractivity contribution in [1.82, 2.24) is 0 Å². The van der Waals surface area contributed by atoms with Crippen LogP contribution in [-0.2, 0) is 11.3 Å². The van der Waals surface area contributed by atoms with Gasteiger partial charge in [0.25, 0.3) is 0 Å². The average molecular weight is 248 g/mol. The molecule has 0 radical (unpaired) electrons. The summed E-state index contributed by atoms with van der Waals surface area (Å²) in [7, 11) is 0. The fourth-order valence-corrected chi connectivity index (χ4v) is 2.10. The van der Waals surface area contributed by atoms with Crippen LogP contribution in [0, 0.1) is 0 Å². The maximum Gasteiger partial charge on any atom is 0.0716 e. The first kappa shape index (κ1) is 15.2. The van der Waals surface area contributed by atoms with Crippen molar-refractivity contribution in [3.63, 3.8) is 0 Å². The maximum absolute atomic E-state index is 5.66. The number of rotatable bonds is 11. The lowest BCUT2D eigenvalue weighted by Crippen LogP contribution is -1.95. The molecule has 0 spiro atoms. The maximum atomic E-state index is 5.66. The molecule has 0 amide bonds. The van der Waals surface area contributed by atoms with Crippen LogP contribution in [0.3, 0.4) is 0 Å². The normalized spacial score (nSPS) is 10.7. The molecule has 0 saturated carbocycles. The van der Waals surface area contributed by atoms with E-state index in [1.807, 2.05) is 6.07 Å². The minimum absolute atomic E-state index is 0.761. The van der Waals surface area contributed by atoms with E-state index in [2.05, 4.69) is 31.2 Å². The summed E-state index contributed by atoms with van der Waals surface area (Å²) in [5, 5.41) is 0. The van der Waals surface area contributed by atoms with E-state index in [1.165, 1.54) is 56.9 Å². The summed E-state index contributed by atoms with van der Waals surface area (Å²) in [5.41, 5.74) is 1.28. The molecule has 0 aliphatic carbocycles. The van der Waals surface area contributed by atoms with Gasteiger partial charge in [0.05, 0.1) is 6.61 Å². The van der Waals surface area contributed by atoms with Gasteiger partial charge in [0.2, 0.25) is 0 Å². The molecular weight excluding hydrogens is 220 g/mol. The third kappa shape index (κ3) is 8.30. The highest BCUT2D eigenvalue weighted by Crippen LogP contribution is 2.08. The summed E-state index contributed by atoms with van der Waals surface area (Å²) in [5.74, 6) is 0. The number of hydrogen-bond acceptors (Lipinski definition) is 1. The molecule has 0 aliphatic heterocycles. The molecule has 1 aromatic rings. The minimum Gasteiger partial charge on any atom is -0.377 e. The number of unbranched alkanes of at least 4 members (excludes halogenated alkanes) is 7. The second-order valence-electron chi connectivity index (χ2n) is 5.01. The Balaban J connectivity index is 1.82. The molecule has 0 bridgehead atoms. The van der Waals surface area contributed by atoms with Crippen molar-refractivity contribution in [3.05, 3.63) is 35.9 Å². The summed E-state index contributed by atoms with van der Waals surface area (Å²) in [4.78, 5) is 0. The van der Waals surface area contributed by atoms with Gasteiger partial charge < -0.3 is 4.74 Å². The average Bonchev–Trinajstić information content (AvgIpc) is 2.42. The monoisotopic (exact) mass is 248 g/mol. The smallest absolute Gasteiger partial charge is 0.0716 e. The van der Waals surface area contributed by atoms with Gasteiger partial charge in [0.15, 0.2) is 0 Å². The predicted octanol–water partition coefficient (Wildman–Crippen LogP) is 5.34. The first-order valence-electron chi connectivity index (χ1n) is 7.55. The van der Waals surface area contributed by atoms with Crippen LogP contribution in [0.15, 0.2) is 30.3 Å². The lowest BCUT2D eigenvalue weighted by molar-refractivity contribution is 0.116. The van der Waals surface area contributed by atoms with E-state index in [0.29, 0.717) is 0 Å². The Bertz CT molecular complexity index is 268. The Kier molecular flexibility index (Phi) is 9.55. The molecule has 102 valence electrons. The van der Waals surface area contributed by atoms with Gasteiger partial charge >= 0.3 is 0 Å². The van der Waals surface area contributed by atoms with Crippen molar-refractivity contribution in [2.75, 3.05) is 6.61 Å². The van der Waals surface area contributed by atoms with Crippen LogP contribution in [0.2, 0.25) is 0 Å². The number of benzene rings is 1. The third-order valence-electron chi connectivity index (χ3n) is 3.25. The van der Waals surface area contributed by atoms with E-state index in [0.717, 1.165) is 13.2 Å².